The lowest BCUT2D eigenvalue weighted by Crippen LogP contribution is -2.10. The molecule has 0 saturated carbocycles. The van der Waals surface area contributed by atoms with E-state index in [1.165, 1.54) is 0 Å². The maximum absolute atomic E-state index is 12.1. The van der Waals surface area contributed by atoms with Gasteiger partial charge in [0.25, 0.3) is 0 Å². The number of hydrogen-bond acceptors (Lipinski definition) is 5. The number of hydrogen-bond donors (Lipinski definition) is 1. The molecule has 1 aromatic carbocycles. The first-order chi connectivity index (χ1) is 11.7. The number of rotatable bonds is 4. The maximum atomic E-state index is 12.1. The minimum absolute atomic E-state index is 0.145. The van der Waals surface area contributed by atoms with Crippen LogP contribution in [-0.2, 0) is 4.74 Å². The number of benzene rings is 1. The van der Waals surface area contributed by atoms with E-state index in [1.54, 1.807) is 19.2 Å². The van der Waals surface area contributed by atoms with Gasteiger partial charge in [-0.3, -0.25) is 4.98 Å². The summed E-state index contributed by atoms with van der Waals surface area (Å²) in [5.41, 5.74) is 9.29. The standard InChI is InChI=1S/C19H17N3O2/c1-2-24-19(23)15-12-14(16-10-6-7-11-21-16)17(22-18(15)20)13-8-4-3-5-9-13/h3-12H,2H2,1H3,(H2,20,22). The molecule has 0 amide bonds. The Hall–Kier alpha value is -3.21. The molecule has 0 spiro atoms. The second kappa shape index (κ2) is 6.91. The lowest BCUT2D eigenvalue weighted by atomic mass is 10.0. The molecule has 2 N–H and O–H groups in total. The summed E-state index contributed by atoms with van der Waals surface area (Å²) in [5, 5.41) is 0. The summed E-state index contributed by atoms with van der Waals surface area (Å²) in [5.74, 6) is -0.341. The summed E-state index contributed by atoms with van der Waals surface area (Å²) in [6, 6.07) is 17.0. The van der Waals surface area contributed by atoms with Gasteiger partial charge >= 0.3 is 5.97 Å². The zero-order valence-electron chi connectivity index (χ0n) is 13.3. The van der Waals surface area contributed by atoms with Gasteiger partial charge in [0.1, 0.15) is 11.4 Å². The first-order valence-electron chi connectivity index (χ1n) is 7.65. The van der Waals surface area contributed by atoms with E-state index in [9.17, 15) is 4.79 Å². The van der Waals surface area contributed by atoms with Gasteiger partial charge in [0.15, 0.2) is 0 Å². The maximum Gasteiger partial charge on any atom is 0.341 e. The lowest BCUT2D eigenvalue weighted by molar-refractivity contribution is 0.0527. The SMILES string of the molecule is CCOC(=O)c1cc(-c2ccccn2)c(-c2ccccc2)nc1N. The summed E-state index contributed by atoms with van der Waals surface area (Å²) >= 11 is 0. The van der Waals surface area contributed by atoms with Crippen molar-refractivity contribution in [3.05, 3.63) is 66.4 Å². The second-order valence-corrected chi connectivity index (χ2v) is 5.12. The van der Waals surface area contributed by atoms with Crippen molar-refractivity contribution in [1.29, 1.82) is 0 Å². The highest BCUT2D eigenvalue weighted by Crippen LogP contribution is 2.32. The molecule has 0 saturated heterocycles. The minimum Gasteiger partial charge on any atom is -0.462 e. The van der Waals surface area contributed by atoms with Crippen LogP contribution in [0.5, 0.6) is 0 Å². The molecule has 3 aromatic rings. The van der Waals surface area contributed by atoms with Crippen LogP contribution in [0.2, 0.25) is 0 Å². The highest BCUT2D eigenvalue weighted by molar-refractivity contribution is 5.97. The van der Waals surface area contributed by atoms with Crippen LogP contribution >= 0.6 is 0 Å². The molecule has 0 fully saturated rings. The summed E-state index contributed by atoms with van der Waals surface area (Å²) in [4.78, 5) is 21.0. The predicted molar refractivity (Wildman–Crippen MR) is 93.3 cm³/mol. The second-order valence-electron chi connectivity index (χ2n) is 5.12. The minimum atomic E-state index is -0.487. The van der Waals surface area contributed by atoms with Gasteiger partial charge in [-0.25, -0.2) is 9.78 Å². The van der Waals surface area contributed by atoms with Crippen molar-refractivity contribution < 1.29 is 9.53 Å². The molecule has 0 bridgehead atoms. The highest BCUT2D eigenvalue weighted by Gasteiger charge is 2.19. The number of carbonyl (C=O) groups excluding carboxylic acids is 1. The molecule has 24 heavy (non-hydrogen) atoms. The van der Waals surface area contributed by atoms with E-state index in [0.29, 0.717) is 5.69 Å². The summed E-state index contributed by atoms with van der Waals surface area (Å²) in [6.07, 6.45) is 1.70. The van der Waals surface area contributed by atoms with Crippen molar-refractivity contribution in [2.45, 2.75) is 6.92 Å². The van der Waals surface area contributed by atoms with Crippen molar-refractivity contribution >= 4 is 11.8 Å². The number of ether oxygens (including phenoxy) is 1. The molecule has 3 rings (SSSR count). The van der Waals surface area contributed by atoms with Gasteiger partial charge < -0.3 is 10.5 Å². The number of esters is 1. The van der Waals surface area contributed by atoms with Crippen LogP contribution in [0, 0.1) is 0 Å². The third kappa shape index (κ3) is 3.10. The van der Waals surface area contributed by atoms with Crippen molar-refractivity contribution in [3.63, 3.8) is 0 Å². The van der Waals surface area contributed by atoms with Crippen LogP contribution in [0.3, 0.4) is 0 Å². The zero-order valence-corrected chi connectivity index (χ0v) is 13.3. The molecule has 0 aliphatic rings. The Morgan fingerprint density at radius 3 is 2.54 bits per heavy atom. The average molecular weight is 319 g/mol. The molecule has 5 nitrogen and oxygen atoms in total. The molecular weight excluding hydrogens is 302 g/mol. The largest absolute Gasteiger partial charge is 0.462 e. The van der Waals surface area contributed by atoms with Crippen LogP contribution in [0.4, 0.5) is 5.82 Å². The Kier molecular flexibility index (Phi) is 4.52. The fourth-order valence-electron chi connectivity index (χ4n) is 2.43. The van der Waals surface area contributed by atoms with Gasteiger partial charge in [-0.05, 0) is 25.1 Å². The van der Waals surface area contributed by atoms with Crippen LogP contribution in [-0.4, -0.2) is 22.5 Å². The summed E-state index contributed by atoms with van der Waals surface area (Å²) in [6.45, 7) is 2.02. The van der Waals surface area contributed by atoms with Gasteiger partial charge in [-0.15, -0.1) is 0 Å². The topological polar surface area (TPSA) is 78.1 Å². The van der Waals surface area contributed by atoms with E-state index in [0.717, 1.165) is 16.8 Å². The fraction of sp³-hybridized carbons (Fsp3) is 0.105. The lowest BCUT2D eigenvalue weighted by Gasteiger charge is -2.13. The number of aromatic nitrogens is 2. The van der Waals surface area contributed by atoms with E-state index >= 15 is 0 Å². The number of anilines is 1. The Bertz CT molecular complexity index is 849. The summed E-state index contributed by atoms with van der Waals surface area (Å²) < 4.78 is 5.07. The smallest absolute Gasteiger partial charge is 0.341 e. The van der Waals surface area contributed by atoms with E-state index in [1.807, 2.05) is 48.5 Å². The fourth-order valence-corrected chi connectivity index (χ4v) is 2.43. The molecule has 0 atom stereocenters. The van der Waals surface area contributed by atoms with Gasteiger partial charge in [-0.1, -0.05) is 36.4 Å². The van der Waals surface area contributed by atoms with Crippen molar-refractivity contribution in [1.82, 2.24) is 9.97 Å². The zero-order chi connectivity index (χ0) is 16.9. The number of pyridine rings is 2. The molecule has 0 unspecified atom stereocenters. The predicted octanol–water partition coefficient (Wildman–Crippen LogP) is 3.57. The normalized spacial score (nSPS) is 10.4. The monoisotopic (exact) mass is 319 g/mol. The van der Waals surface area contributed by atoms with E-state index in [2.05, 4.69) is 9.97 Å². The van der Waals surface area contributed by atoms with Crippen LogP contribution in [0.1, 0.15) is 17.3 Å². The van der Waals surface area contributed by atoms with Gasteiger partial charge in [0, 0.05) is 17.3 Å². The molecule has 0 radical (unpaired) electrons. The Morgan fingerprint density at radius 1 is 1.12 bits per heavy atom. The number of nitrogens with zero attached hydrogens (tertiary/aromatic N) is 2. The Labute approximate surface area is 140 Å². The molecular formula is C19H17N3O2. The van der Waals surface area contributed by atoms with Gasteiger partial charge in [0.05, 0.1) is 18.0 Å². The van der Waals surface area contributed by atoms with E-state index in [4.69, 9.17) is 10.5 Å². The molecule has 120 valence electrons. The molecule has 0 aliphatic carbocycles. The van der Waals surface area contributed by atoms with E-state index < -0.39 is 5.97 Å². The van der Waals surface area contributed by atoms with Gasteiger partial charge in [-0.2, -0.15) is 0 Å². The van der Waals surface area contributed by atoms with Crippen molar-refractivity contribution in [3.8, 4) is 22.5 Å². The van der Waals surface area contributed by atoms with Crippen LogP contribution in [0.15, 0.2) is 60.8 Å². The van der Waals surface area contributed by atoms with Gasteiger partial charge in [0.2, 0.25) is 0 Å². The number of carbonyl (C=O) groups is 1. The summed E-state index contributed by atoms with van der Waals surface area (Å²) in [7, 11) is 0. The van der Waals surface area contributed by atoms with Crippen molar-refractivity contribution in [2.24, 2.45) is 0 Å². The molecule has 2 heterocycles. The third-order valence-electron chi connectivity index (χ3n) is 3.54. The Morgan fingerprint density at radius 2 is 1.88 bits per heavy atom. The molecule has 5 heteroatoms. The first kappa shape index (κ1) is 15.7. The van der Waals surface area contributed by atoms with Crippen molar-refractivity contribution in [2.75, 3.05) is 12.3 Å². The van der Waals surface area contributed by atoms with Crippen LogP contribution in [0.25, 0.3) is 22.5 Å². The highest BCUT2D eigenvalue weighted by atomic mass is 16.5. The van der Waals surface area contributed by atoms with E-state index in [-0.39, 0.29) is 18.0 Å². The number of nitrogens with two attached hydrogens (primary N) is 1. The molecule has 2 aromatic heterocycles. The number of nitrogen functional groups attached to an aromatic ring is 1. The quantitative estimate of drug-likeness (QED) is 0.744. The van der Waals surface area contributed by atoms with Crippen LogP contribution < -0.4 is 5.73 Å². The average Bonchev–Trinajstić information content (AvgIpc) is 2.63. The third-order valence-corrected chi connectivity index (χ3v) is 3.54. The first-order valence-corrected chi connectivity index (χ1v) is 7.65. The Balaban J connectivity index is 2.22. The molecule has 0 aliphatic heterocycles.